The van der Waals surface area contributed by atoms with E-state index in [0.29, 0.717) is 11.3 Å². The van der Waals surface area contributed by atoms with E-state index in [4.69, 9.17) is 0 Å². The largest absolute Gasteiger partial charge is 0.324 e. The van der Waals surface area contributed by atoms with E-state index in [-0.39, 0.29) is 23.4 Å². The van der Waals surface area contributed by atoms with Crippen LogP contribution in [0.3, 0.4) is 0 Å². The molecule has 6 heteroatoms. The molecular formula is C24H29N3O2S. The first kappa shape index (κ1) is 20.8. The fraction of sp³-hybridized carbons (Fsp3) is 0.458. The molecule has 0 saturated carbocycles. The summed E-state index contributed by atoms with van der Waals surface area (Å²) in [6.45, 7) is 10.8. The van der Waals surface area contributed by atoms with Crippen molar-refractivity contribution < 1.29 is 4.79 Å². The molecule has 0 saturated heterocycles. The van der Waals surface area contributed by atoms with Crippen molar-refractivity contribution >= 4 is 33.1 Å². The molecule has 0 fully saturated rings. The van der Waals surface area contributed by atoms with Crippen LogP contribution >= 0.6 is 11.3 Å². The number of hydrogen-bond donors (Lipinski definition) is 1. The van der Waals surface area contributed by atoms with Gasteiger partial charge in [-0.05, 0) is 61.6 Å². The third-order valence-corrected chi connectivity index (χ3v) is 7.39. The summed E-state index contributed by atoms with van der Waals surface area (Å²) in [5, 5.41) is 3.63. The van der Waals surface area contributed by atoms with Gasteiger partial charge in [-0.3, -0.25) is 14.2 Å². The van der Waals surface area contributed by atoms with Crippen LogP contribution in [0, 0.1) is 25.2 Å². The average molecular weight is 424 g/mol. The van der Waals surface area contributed by atoms with Gasteiger partial charge in [-0.15, -0.1) is 11.3 Å². The molecule has 0 spiro atoms. The van der Waals surface area contributed by atoms with E-state index in [2.05, 4.69) is 31.1 Å². The van der Waals surface area contributed by atoms with E-state index in [1.165, 1.54) is 15.8 Å². The number of anilines is 1. The molecule has 30 heavy (non-hydrogen) atoms. The van der Waals surface area contributed by atoms with E-state index >= 15 is 0 Å². The minimum absolute atomic E-state index is 0.0374. The van der Waals surface area contributed by atoms with Crippen molar-refractivity contribution in [1.29, 1.82) is 0 Å². The highest BCUT2D eigenvalue weighted by Crippen LogP contribution is 2.41. The zero-order valence-corrected chi connectivity index (χ0v) is 19.2. The van der Waals surface area contributed by atoms with Gasteiger partial charge in [-0.25, -0.2) is 4.98 Å². The second-order valence-electron chi connectivity index (χ2n) is 9.53. The Hall–Kier alpha value is -2.47. The van der Waals surface area contributed by atoms with Crippen LogP contribution < -0.4 is 10.9 Å². The number of nitrogens with one attached hydrogen (secondary N) is 1. The summed E-state index contributed by atoms with van der Waals surface area (Å²) in [7, 11) is 0. The van der Waals surface area contributed by atoms with Crippen LogP contribution in [0.1, 0.15) is 48.8 Å². The smallest absolute Gasteiger partial charge is 0.262 e. The Morgan fingerprint density at radius 2 is 2.07 bits per heavy atom. The van der Waals surface area contributed by atoms with Crippen LogP contribution in [0.4, 0.5) is 5.69 Å². The first-order chi connectivity index (χ1) is 14.1. The summed E-state index contributed by atoms with van der Waals surface area (Å²) in [5.74, 6) is 0.394. The van der Waals surface area contributed by atoms with Crippen LogP contribution in [0.2, 0.25) is 0 Å². The summed E-state index contributed by atoms with van der Waals surface area (Å²) < 4.78 is 1.43. The second-order valence-corrected chi connectivity index (χ2v) is 10.6. The van der Waals surface area contributed by atoms with Crippen molar-refractivity contribution in [2.45, 2.75) is 60.4 Å². The SMILES string of the molecule is Cc1ccc(NC(=O)Cn2cnc3sc4c(c3c2=O)CC[C@@H](C(C)(C)C)C4)c(C)c1. The minimum atomic E-state index is -0.220. The Kier molecular flexibility index (Phi) is 5.30. The van der Waals surface area contributed by atoms with E-state index in [9.17, 15) is 9.59 Å². The summed E-state index contributed by atoms with van der Waals surface area (Å²) >= 11 is 1.64. The number of aryl methyl sites for hydroxylation is 3. The lowest BCUT2D eigenvalue weighted by Crippen LogP contribution is -2.29. The van der Waals surface area contributed by atoms with Gasteiger partial charge in [0.2, 0.25) is 5.91 Å². The monoisotopic (exact) mass is 423 g/mol. The van der Waals surface area contributed by atoms with E-state index < -0.39 is 0 Å². The molecule has 1 aliphatic rings. The third kappa shape index (κ3) is 3.93. The van der Waals surface area contributed by atoms with Crippen molar-refractivity contribution in [3.05, 3.63) is 56.4 Å². The number of rotatable bonds is 3. The molecule has 2 heterocycles. The number of benzene rings is 1. The van der Waals surface area contributed by atoms with Crippen molar-refractivity contribution in [1.82, 2.24) is 9.55 Å². The molecule has 0 bridgehead atoms. The Balaban J connectivity index is 1.60. The maximum atomic E-state index is 13.2. The normalized spacial score (nSPS) is 16.5. The molecule has 1 amide bonds. The number of fused-ring (bicyclic) bond motifs is 3. The predicted molar refractivity (Wildman–Crippen MR) is 123 cm³/mol. The van der Waals surface area contributed by atoms with Crippen LogP contribution in [-0.4, -0.2) is 15.5 Å². The molecule has 1 aromatic carbocycles. The van der Waals surface area contributed by atoms with E-state index in [0.717, 1.165) is 46.5 Å². The molecule has 3 aromatic rings. The van der Waals surface area contributed by atoms with Crippen molar-refractivity contribution in [2.75, 3.05) is 5.32 Å². The Labute approximate surface area is 181 Å². The molecule has 0 radical (unpaired) electrons. The second kappa shape index (κ2) is 7.65. The maximum absolute atomic E-state index is 13.2. The lowest BCUT2D eigenvalue weighted by atomic mass is 9.72. The first-order valence-electron chi connectivity index (χ1n) is 10.5. The molecular weight excluding hydrogens is 394 g/mol. The molecule has 4 rings (SSSR count). The zero-order chi connectivity index (χ0) is 21.6. The van der Waals surface area contributed by atoms with Crippen LogP contribution in [-0.2, 0) is 24.2 Å². The summed E-state index contributed by atoms with van der Waals surface area (Å²) in [5.41, 5.74) is 4.22. The molecule has 5 nitrogen and oxygen atoms in total. The highest BCUT2D eigenvalue weighted by Gasteiger charge is 2.31. The Bertz CT molecular complexity index is 1180. The van der Waals surface area contributed by atoms with Crippen molar-refractivity contribution in [2.24, 2.45) is 11.3 Å². The molecule has 1 aliphatic carbocycles. The lowest BCUT2D eigenvalue weighted by Gasteiger charge is -2.33. The first-order valence-corrected chi connectivity index (χ1v) is 11.3. The number of thiophene rings is 1. The van der Waals surface area contributed by atoms with Gasteiger partial charge in [0.25, 0.3) is 5.56 Å². The standard InChI is InChI=1S/C24H29N3O2S/c1-14-6-9-18(15(2)10-14)26-20(28)12-27-13-25-22-21(23(27)29)17-8-7-16(24(3,4)5)11-19(17)30-22/h6,9-10,13,16H,7-8,11-12H2,1-5H3,(H,26,28)/t16-/m1/s1. The fourth-order valence-electron chi connectivity index (χ4n) is 4.35. The van der Waals surface area contributed by atoms with Gasteiger partial charge >= 0.3 is 0 Å². The van der Waals surface area contributed by atoms with E-state index in [1.54, 1.807) is 11.3 Å². The predicted octanol–water partition coefficient (Wildman–Crippen LogP) is 4.86. The summed E-state index contributed by atoms with van der Waals surface area (Å²) in [6, 6.07) is 5.89. The zero-order valence-electron chi connectivity index (χ0n) is 18.3. The highest BCUT2D eigenvalue weighted by atomic mass is 32.1. The quantitative estimate of drug-likeness (QED) is 0.654. The van der Waals surface area contributed by atoms with Gasteiger partial charge in [0.15, 0.2) is 0 Å². The van der Waals surface area contributed by atoms with Gasteiger partial charge in [-0.1, -0.05) is 38.5 Å². The number of carbonyl (C=O) groups is 1. The number of nitrogens with zero attached hydrogens (tertiary/aromatic N) is 2. The summed E-state index contributed by atoms with van der Waals surface area (Å²) in [4.78, 5) is 32.4. The van der Waals surface area contributed by atoms with Gasteiger partial charge < -0.3 is 5.32 Å². The van der Waals surface area contributed by atoms with Crippen LogP contribution in [0.5, 0.6) is 0 Å². The Morgan fingerprint density at radius 3 is 2.77 bits per heavy atom. The average Bonchev–Trinajstić information content (AvgIpc) is 3.04. The van der Waals surface area contributed by atoms with Gasteiger partial charge in [0.1, 0.15) is 11.4 Å². The van der Waals surface area contributed by atoms with Crippen molar-refractivity contribution in [3.63, 3.8) is 0 Å². The topological polar surface area (TPSA) is 64.0 Å². The van der Waals surface area contributed by atoms with Crippen molar-refractivity contribution in [3.8, 4) is 0 Å². The molecule has 2 aromatic heterocycles. The van der Waals surface area contributed by atoms with Gasteiger partial charge in [0, 0.05) is 10.6 Å². The van der Waals surface area contributed by atoms with Crippen LogP contribution in [0.15, 0.2) is 29.3 Å². The fourth-order valence-corrected chi connectivity index (χ4v) is 5.61. The number of carbonyl (C=O) groups excluding carboxylic acids is 1. The molecule has 1 N–H and O–H groups in total. The molecule has 1 atom stereocenters. The van der Waals surface area contributed by atoms with Gasteiger partial charge in [-0.2, -0.15) is 0 Å². The molecule has 158 valence electrons. The lowest BCUT2D eigenvalue weighted by molar-refractivity contribution is -0.116. The third-order valence-electron chi connectivity index (χ3n) is 6.23. The van der Waals surface area contributed by atoms with E-state index in [1.807, 2.05) is 32.0 Å². The molecule has 0 aliphatic heterocycles. The maximum Gasteiger partial charge on any atom is 0.262 e. The molecule has 0 unspecified atom stereocenters. The number of hydrogen-bond acceptors (Lipinski definition) is 4. The number of aromatic nitrogens is 2. The van der Waals surface area contributed by atoms with Gasteiger partial charge in [0.05, 0.1) is 11.7 Å². The minimum Gasteiger partial charge on any atom is -0.324 e. The highest BCUT2D eigenvalue weighted by molar-refractivity contribution is 7.18. The Morgan fingerprint density at radius 1 is 1.30 bits per heavy atom. The van der Waals surface area contributed by atoms with Crippen LogP contribution in [0.25, 0.3) is 10.2 Å². The number of amides is 1. The summed E-state index contributed by atoms with van der Waals surface area (Å²) in [6.07, 6.45) is 4.51.